The summed E-state index contributed by atoms with van der Waals surface area (Å²) < 4.78 is 1.43. The highest BCUT2D eigenvalue weighted by Crippen LogP contribution is 2.06. The van der Waals surface area contributed by atoms with Gasteiger partial charge in [-0.1, -0.05) is 5.21 Å². The maximum absolute atomic E-state index is 11.5. The van der Waals surface area contributed by atoms with Gasteiger partial charge in [-0.15, -0.1) is 5.10 Å². The molecule has 1 amide bonds. The summed E-state index contributed by atoms with van der Waals surface area (Å²) in [5.41, 5.74) is 6.02. The normalized spacial score (nSPS) is 10.0. The van der Waals surface area contributed by atoms with Gasteiger partial charge in [-0.25, -0.2) is 9.67 Å². The second-order valence-electron chi connectivity index (χ2n) is 3.12. The number of carbonyl (C=O) groups excluding carboxylic acids is 1. The number of hydrogen-bond acceptors (Lipinski definition) is 5. The van der Waals surface area contributed by atoms with Gasteiger partial charge in [-0.2, -0.15) is 0 Å². The van der Waals surface area contributed by atoms with Crippen molar-refractivity contribution < 1.29 is 4.79 Å². The van der Waals surface area contributed by atoms with Gasteiger partial charge in [0.1, 0.15) is 12.4 Å². The van der Waals surface area contributed by atoms with Gasteiger partial charge in [-0.3, -0.25) is 4.79 Å². The highest BCUT2D eigenvalue weighted by Gasteiger charge is 2.03. The van der Waals surface area contributed by atoms with E-state index in [9.17, 15) is 4.79 Å². The number of hydrogen-bond donors (Lipinski definition) is 2. The molecule has 0 unspecified atom stereocenters. The molecule has 7 heteroatoms. The fourth-order valence-corrected chi connectivity index (χ4v) is 1.14. The van der Waals surface area contributed by atoms with E-state index in [1.165, 1.54) is 17.1 Å². The van der Waals surface area contributed by atoms with Gasteiger partial charge >= 0.3 is 0 Å². The first-order valence-electron chi connectivity index (χ1n) is 4.59. The second-order valence-corrected chi connectivity index (χ2v) is 3.12. The quantitative estimate of drug-likeness (QED) is 0.749. The van der Waals surface area contributed by atoms with Crippen molar-refractivity contribution in [2.75, 3.05) is 11.1 Å². The summed E-state index contributed by atoms with van der Waals surface area (Å²) >= 11 is 0. The third-order valence-corrected chi connectivity index (χ3v) is 1.85. The highest BCUT2D eigenvalue weighted by molar-refractivity contribution is 5.90. The molecule has 16 heavy (non-hydrogen) atoms. The van der Waals surface area contributed by atoms with Crippen molar-refractivity contribution in [1.82, 2.24) is 20.0 Å². The molecule has 0 bridgehead atoms. The van der Waals surface area contributed by atoms with Crippen molar-refractivity contribution in [3.05, 3.63) is 30.7 Å². The summed E-state index contributed by atoms with van der Waals surface area (Å²) in [6, 6.07) is 3.30. The molecule has 0 atom stereocenters. The third kappa shape index (κ3) is 2.53. The van der Waals surface area contributed by atoms with Crippen LogP contribution in [0.5, 0.6) is 0 Å². The molecule has 0 radical (unpaired) electrons. The molecule has 2 aromatic rings. The van der Waals surface area contributed by atoms with E-state index < -0.39 is 0 Å². The van der Waals surface area contributed by atoms with Crippen molar-refractivity contribution in [1.29, 1.82) is 0 Å². The van der Waals surface area contributed by atoms with Crippen LogP contribution in [0.2, 0.25) is 0 Å². The van der Waals surface area contributed by atoms with Crippen LogP contribution in [0.3, 0.4) is 0 Å². The Hall–Kier alpha value is -2.44. The number of nitrogens with one attached hydrogen (secondary N) is 1. The summed E-state index contributed by atoms with van der Waals surface area (Å²) in [5.74, 6) is 0.214. The van der Waals surface area contributed by atoms with E-state index in [1.54, 1.807) is 18.3 Å². The average molecular weight is 218 g/mol. The van der Waals surface area contributed by atoms with Gasteiger partial charge < -0.3 is 11.1 Å². The maximum atomic E-state index is 11.5. The molecule has 2 heterocycles. The van der Waals surface area contributed by atoms with Crippen LogP contribution in [-0.2, 0) is 11.3 Å². The Morgan fingerprint density at radius 2 is 2.38 bits per heavy atom. The summed E-state index contributed by atoms with van der Waals surface area (Å²) in [6.07, 6.45) is 4.62. The van der Waals surface area contributed by atoms with Crippen LogP contribution >= 0.6 is 0 Å². The average Bonchev–Trinajstić information content (AvgIpc) is 2.74. The smallest absolute Gasteiger partial charge is 0.246 e. The summed E-state index contributed by atoms with van der Waals surface area (Å²) in [5, 5.41) is 9.94. The molecule has 2 aromatic heterocycles. The SMILES string of the molecule is Nc1ccc(NC(=O)Cn2ccnn2)cn1. The topological polar surface area (TPSA) is 98.7 Å². The van der Waals surface area contributed by atoms with Crippen molar-refractivity contribution in [3.63, 3.8) is 0 Å². The number of carbonyl (C=O) groups is 1. The molecule has 2 rings (SSSR count). The lowest BCUT2D eigenvalue weighted by molar-refractivity contribution is -0.116. The van der Waals surface area contributed by atoms with Crippen LogP contribution in [-0.4, -0.2) is 25.9 Å². The van der Waals surface area contributed by atoms with Gasteiger partial charge in [0.2, 0.25) is 5.91 Å². The molecule has 0 saturated heterocycles. The van der Waals surface area contributed by atoms with E-state index in [-0.39, 0.29) is 12.5 Å². The first-order valence-corrected chi connectivity index (χ1v) is 4.59. The van der Waals surface area contributed by atoms with Gasteiger partial charge in [0, 0.05) is 6.20 Å². The van der Waals surface area contributed by atoms with Crippen molar-refractivity contribution in [3.8, 4) is 0 Å². The van der Waals surface area contributed by atoms with Crippen LogP contribution in [0.4, 0.5) is 11.5 Å². The zero-order valence-electron chi connectivity index (χ0n) is 8.37. The monoisotopic (exact) mass is 218 g/mol. The molecule has 3 N–H and O–H groups in total. The van der Waals surface area contributed by atoms with E-state index in [1.807, 2.05) is 0 Å². The molecule has 0 aliphatic rings. The highest BCUT2D eigenvalue weighted by atomic mass is 16.2. The number of pyridine rings is 1. The van der Waals surface area contributed by atoms with Gasteiger partial charge in [0.15, 0.2) is 0 Å². The summed E-state index contributed by atoms with van der Waals surface area (Å²) in [4.78, 5) is 15.4. The zero-order valence-corrected chi connectivity index (χ0v) is 8.37. The number of rotatable bonds is 3. The predicted molar refractivity (Wildman–Crippen MR) is 57.3 cm³/mol. The van der Waals surface area contributed by atoms with E-state index in [4.69, 9.17) is 5.73 Å². The number of aromatic nitrogens is 4. The maximum Gasteiger partial charge on any atom is 0.246 e. The van der Waals surface area contributed by atoms with E-state index in [0.717, 1.165) is 0 Å². The molecule has 0 spiro atoms. The standard InChI is InChI=1S/C9H10N6O/c10-8-2-1-7(5-11-8)13-9(16)6-15-4-3-12-14-15/h1-5H,6H2,(H2,10,11)(H,13,16). The number of nitrogens with two attached hydrogens (primary N) is 1. The van der Waals surface area contributed by atoms with E-state index in [2.05, 4.69) is 20.6 Å². The Kier molecular flexibility index (Phi) is 2.77. The molecule has 0 fully saturated rings. The largest absolute Gasteiger partial charge is 0.384 e. The first-order chi connectivity index (χ1) is 7.74. The minimum atomic E-state index is -0.197. The Morgan fingerprint density at radius 3 is 3.00 bits per heavy atom. The molecule has 82 valence electrons. The van der Waals surface area contributed by atoms with Crippen LogP contribution in [0, 0.1) is 0 Å². The molecule has 0 aromatic carbocycles. The van der Waals surface area contributed by atoms with E-state index >= 15 is 0 Å². The second kappa shape index (κ2) is 4.39. The van der Waals surface area contributed by atoms with Crippen molar-refractivity contribution >= 4 is 17.4 Å². The molecule has 0 saturated carbocycles. The lowest BCUT2D eigenvalue weighted by Crippen LogP contribution is -2.19. The fourth-order valence-electron chi connectivity index (χ4n) is 1.14. The molecular weight excluding hydrogens is 208 g/mol. The molecule has 7 nitrogen and oxygen atoms in total. The Balaban J connectivity index is 1.95. The van der Waals surface area contributed by atoms with Crippen molar-refractivity contribution in [2.45, 2.75) is 6.54 Å². The minimum absolute atomic E-state index is 0.115. The Morgan fingerprint density at radius 1 is 1.50 bits per heavy atom. The third-order valence-electron chi connectivity index (χ3n) is 1.85. The Labute approximate surface area is 91.3 Å². The lowest BCUT2D eigenvalue weighted by atomic mass is 10.4. The zero-order chi connectivity index (χ0) is 11.4. The number of nitrogen functional groups attached to an aromatic ring is 1. The number of nitrogens with zero attached hydrogens (tertiary/aromatic N) is 4. The van der Waals surface area contributed by atoms with Gasteiger partial charge in [0.05, 0.1) is 18.1 Å². The number of amides is 1. The minimum Gasteiger partial charge on any atom is -0.384 e. The van der Waals surface area contributed by atoms with Crippen LogP contribution in [0.1, 0.15) is 0 Å². The van der Waals surface area contributed by atoms with E-state index in [0.29, 0.717) is 11.5 Å². The fraction of sp³-hybridized carbons (Fsp3) is 0.111. The van der Waals surface area contributed by atoms with Gasteiger partial charge in [-0.05, 0) is 12.1 Å². The van der Waals surface area contributed by atoms with Crippen molar-refractivity contribution in [2.24, 2.45) is 0 Å². The predicted octanol–water partition coefficient (Wildman–Crippen LogP) is -0.106. The first kappa shape index (κ1) is 10.1. The van der Waals surface area contributed by atoms with Crippen LogP contribution in [0.25, 0.3) is 0 Å². The molecule has 0 aliphatic heterocycles. The van der Waals surface area contributed by atoms with Crippen LogP contribution < -0.4 is 11.1 Å². The molecular formula is C9H10N6O. The van der Waals surface area contributed by atoms with Crippen LogP contribution in [0.15, 0.2) is 30.7 Å². The molecule has 0 aliphatic carbocycles. The lowest BCUT2D eigenvalue weighted by Gasteiger charge is -2.04. The summed E-state index contributed by atoms with van der Waals surface area (Å²) in [6.45, 7) is 0.115. The van der Waals surface area contributed by atoms with Gasteiger partial charge in [0.25, 0.3) is 0 Å². The number of anilines is 2. The Bertz CT molecular complexity index is 463. The summed E-state index contributed by atoms with van der Waals surface area (Å²) in [7, 11) is 0.